The Balaban J connectivity index is 0.00000320. The van der Waals surface area contributed by atoms with Gasteiger partial charge in [-0.25, -0.2) is 15.0 Å². The zero-order valence-corrected chi connectivity index (χ0v) is 16.5. The van der Waals surface area contributed by atoms with E-state index in [9.17, 15) is 4.79 Å². The van der Waals surface area contributed by atoms with Crippen molar-refractivity contribution in [3.8, 4) is 5.88 Å². The molecule has 0 radical (unpaired) electrons. The molecule has 0 spiro atoms. The minimum atomic E-state index is -0.652. The summed E-state index contributed by atoms with van der Waals surface area (Å²) in [4.78, 5) is 25.2. The van der Waals surface area contributed by atoms with Gasteiger partial charge in [-0.05, 0) is 25.3 Å². The quantitative estimate of drug-likeness (QED) is 0.479. The standard InChI is InChI=1S/C19H27N7O3.CH4/c1-2-14-18(23-12-4-8-28-9-5-12)26-19(16(25-14)17(21)27)24-13-3-7-22-15(11-13)29-10-6-20;/h3,7,11-12H,2,4-6,8-10,20H2,1H3,(H2,21,27)(H2,22,23,24,26);1H4. The van der Waals surface area contributed by atoms with Gasteiger partial charge < -0.3 is 31.6 Å². The average Bonchev–Trinajstić information content (AvgIpc) is 2.73. The minimum Gasteiger partial charge on any atom is -0.476 e. The fourth-order valence-electron chi connectivity index (χ4n) is 2.99. The van der Waals surface area contributed by atoms with Gasteiger partial charge in [0.2, 0.25) is 5.88 Å². The average molecular weight is 418 g/mol. The van der Waals surface area contributed by atoms with Crippen molar-refractivity contribution in [3.05, 3.63) is 29.7 Å². The number of carbonyl (C=O) groups excluding carboxylic acids is 1. The summed E-state index contributed by atoms with van der Waals surface area (Å²) in [6.45, 7) is 4.11. The van der Waals surface area contributed by atoms with Crippen LogP contribution in [0.15, 0.2) is 18.3 Å². The Hall–Kier alpha value is -2.98. The van der Waals surface area contributed by atoms with Gasteiger partial charge in [-0.3, -0.25) is 4.79 Å². The third-order valence-electron chi connectivity index (χ3n) is 4.46. The second-order valence-corrected chi connectivity index (χ2v) is 6.61. The molecular weight excluding hydrogens is 386 g/mol. The fourth-order valence-corrected chi connectivity index (χ4v) is 2.99. The van der Waals surface area contributed by atoms with Gasteiger partial charge in [-0.1, -0.05) is 14.4 Å². The number of nitrogens with one attached hydrogen (secondary N) is 2. The molecule has 0 bridgehead atoms. The molecule has 0 aliphatic carbocycles. The van der Waals surface area contributed by atoms with E-state index in [4.69, 9.17) is 20.9 Å². The van der Waals surface area contributed by atoms with Gasteiger partial charge in [0.15, 0.2) is 17.3 Å². The van der Waals surface area contributed by atoms with Gasteiger partial charge in [0.1, 0.15) is 6.61 Å². The third-order valence-corrected chi connectivity index (χ3v) is 4.46. The molecule has 3 heterocycles. The van der Waals surface area contributed by atoms with Crippen LogP contribution in [-0.4, -0.2) is 53.3 Å². The van der Waals surface area contributed by atoms with Crippen LogP contribution in [0, 0.1) is 0 Å². The molecule has 10 nitrogen and oxygen atoms in total. The second kappa shape index (κ2) is 11.3. The van der Waals surface area contributed by atoms with Crippen molar-refractivity contribution in [2.45, 2.75) is 39.7 Å². The smallest absolute Gasteiger partial charge is 0.271 e. The highest BCUT2D eigenvalue weighted by Crippen LogP contribution is 2.25. The Morgan fingerprint density at radius 2 is 2.07 bits per heavy atom. The maximum Gasteiger partial charge on any atom is 0.271 e. The number of primary amides is 1. The summed E-state index contributed by atoms with van der Waals surface area (Å²) in [5, 5.41) is 6.54. The first-order chi connectivity index (χ1) is 14.1. The number of aryl methyl sites for hydroxylation is 1. The molecule has 0 atom stereocenters. The highest BCUT2D eigenvalue weighted by atomic mass is 16.5. The normalized spacial score (nSPS) is 13.9. The van der Waals surface area contributed by atoms with Crippen LogP contribution in [0.4, 0.5) is 17.3 Å². The van der Waals surface area contributed by atoms with E-state index >= 15 is 0 Å². The Labute approximate surface area is 176 Å². The fraction of sp³-hybridized carbons (Fsp3) is 0.500. The van der Waals surface area contributed by atoms with Crippen LogP contribution in [0.2, 0.25) is 0 Å². The van der Waals surface area contributed by atoms with Gasteiger partial charge >= 0.3 is 0 Å². The van der Waals surface area contributed by atoms with Crippen molar-refractivity contribution >= 4 is 23.2 Å². The molecule has 30 heavy (non-hydrogen) atoms. The summed E-state index contributed by atoms with van der Waals surface area (Å²) in [6, 6.07) is 3.68. The Kier molecular flexibility index (Phi) is 8.75. The molecule has 6 N–H and O–H groups in total. The predicted molar refractivity (Wildman–Crippen MR) is 116 cm³/mol. The van der Waals surface area contributed by atoms with E-state index in [-0.39, 0.29) is 25.0 Å². The third kappa shape index (κ3) is 6.01. The lowest BCUT2D eigenvalue weighted by molar-refractivity contribution is 0.0903. The summed E-state index contributed by atoms with van der Waals surface area (Å²) >= 11 is 0. The van der Waals surface area contributed by atoms with E-state index in [1.54, 1.807) is 18.3 Å². The molecule has 0 aromatic carbocycles. The molecule has 3 rings (SSSR count). The van der Waals surface area contributed by atoms with Crippen LogP contribution in [0.25, 0.3) is 0 Å². The van der Waals surface area contributed by atoms with E-state index in [2.05, 4.69) is 25.6 Å². The van der Waals surface area contributed by atoms with Gasteiger partial charge in [0.05, 0.1) is 5.69 Å². The van der Waals surface area contributed by atoms with Crippen molar-refractivity contribution in [1.82, 2.24) is 15.0 Å². The first-order valence-corrected chi connectivity index (χ1v) is 9.71. The highest BCUT2D eigenvalue weighted by molar-refractivity contribution is 5.96. The van der Waals surface area contributed by atoms with Crippen LogP contribution in [0.5, 0.6) is 5.88 Å². The SMILES string of the molecule is C.CCc1nc(C(N)=O)c(Nc2ccnc(OCCN)c2)nc1NC1CCOCC1. The minimum absolute atomic E-state index is 0. The maximum absolute atomic E-state index is 12.0. The van der Waals surface area contributed by atoms with E-state index in [0.717, 1.165) is 12.8 Å². The Morgan fingerprint density at radius 3 is 2.73 bits per heavy atom. The lowest BCUT2D eigenvalue weighted by atomic mass is 10.1. The zero-order valence-electron chi connectivity index (χ0n) is 16.5. The molecule has 0 saturated carbocycles. The van der Waals surface area contributed by atoms with Crippen molar-refractivity contribution in [2.24, 2.45) is 11.5 Å². The van der Waals surface area contributed by atoms with Crippen molar-refractivity contribution in [3.63, 3.8) is 0 Å². The van der Waals surface area contributed by atoms with Gasteiger partial charge in [-0.2, -0.15) is 0 Å². The first kappa shape index (κ1) is 23.3. The molecule has 0 unspecified atom stereocenters. The molecule has 1 fully saturated rings. The number of pyridine rings is 1. The lowest BCUT2D eigenvalue weighted by Crippen LogP contribution is -2.29. The summed E-state index contributed by atoms with van der Waals surface area (Å²) in [6.07, 6.45) is 3.98. The molecule has 1 saturated heterocycles. The van der Waals surface area contributed by atoms with E-state index in [1.807, 2.05) is 6.92 Å². The number of hydrogen-bond donors (Lipinski definition) is 4. The number of hydrogen-bond acceptors (Lipinski definition) is 9. The number of carbonyl (C=O) groups is 1. The van der Waals surface area contributed by atoms with Crippen LogP contribution < -0.4 is 26.8 Å². The maximum atomic E-state index is 12.0. The molecule has 1 aliphatic rings. The first-order valence-electron chi connectivity index (χ1n) is 9.71. The number of amides is 1. The number of aromatic nitrogens is 3. The Morgan fingerprint density at radius 1 is 1.30 bits per heavy atom. The molecular formula is C20H31N7O3. The van der Waals surface area contributed by atoms with Crippen molar-refractivity contribution in [1.29, 1.82) is 0 Å². The Bertz CT molecular complexity index is 841. The van der Waals surface area contributed by atoms with E-state index in [1.165, 1.54) is 0 Å². The highest BCUT2D eigenvalue weighted by Gasteiger charge is 2.20. The second-order valence-electron chi connectivity index (χ2n) is 6.61. The number of ether oxygens (including phenoxy) is 2. The van der Waals surface area contributed by atoms with Crippen molar-refractivity contribution < 1.29 is 14.3 Å². The lowest BCUT2D eigenvalue weighted by Gasteiger charge is -2.25. The zero-order chi connectivity index (χ0) is 20.6. The summed E-state index contributed by atoms with van der Waals surface area (Å²) < 4.78 is 10.9. The van der Waals surface area contributed by atoms with Crippen molar-refractivity contribution in [2.75, 3.05) is 37.0 Å². The summed E-state index contributed by atoms with van der Waals surface area (Å²) in [5.41, 5.74) is 12.4. The number of anilines is 3. The molecule has 10 heteroatoms. The molecule has 2 aromatic rings. The topological polar surface area (TPSA) is 150 Å². The molecule has 164 valence electrons. The molecule has 2 aromatic heterocycles. The molecule has 1 amide bonds. The summed E-state index contributed by atoms with van der Waals surface area (Å²) in [7, 11) is 0. The van der Waals surface area contributed by atoms with E-state index in [0.29, 0.717) is 55.9 Å². The molecule has 1 aliphatic heterocycles. The summed E-state index contributed by atoms with van der Waals surface area (Å²) in [5.74, 6) is 0.682. The van der Waals surface area contributed by atoms with Gasteiger partial charge in [-0.15, -0.1) is 0 Å². The van der Waals surface area contributed by atoms with Crippen LogP contribution in [-0.2, 0) is 11.2 Å². The predicted octanol–water partition coefficient (Wildman–Crippen LogP) is 1.84. The van der Waals surface area contributed by atoms with Crippen LogP contribution in [0.3, 0.4) is 0 Å². The van der Waals surface area contributed by atoms with Gasteiger partial charge in [0.25, 0.3) is 5.91 Å². The number of nitrogens with zero attached hydrogens (tertiary/aromatic N) is 3. The van der Waals surface area contributed by atoms with E-state index < -0.39 is 5.91 Å². The monoisotopic (exact) mass is 417 g/mol. The largest absolute Gasteiger partial charge is 0.476 e. The number of rotatable bonds is 9. The number of nitrogens with two attached hydrogens (primary N) is 2. The van der Waals surface area contributed by atoms with Crippen LogP contribution >= 0.6 is 0 Å². The van der Waals surface area contributed by atoms with Crippen LogP contribution in [0.1, 0.15) is 43.4 Å². The van der Waals surface area contributed by atoms with Gasteiger partial charge in [0, 0.05) is 43.8 Å².